The summed E-state index contributed by atoms with van der Waals surface area (Å²) in [6.45, 7) is 7.10. The fourth-order valence-electron chi connectivity index (χ4n) is 3.95. The van der Waals surface area contributed by atoms with E-state index in [1.165, 1.54) is 0 Å². The van der Waals surface area contributed by atoms with Gasteiger partial charge in [0.2, 0.25) is 5.91 Å². The van der Waals surface area contributed by atoms with Crippen molar-refractivity contribution in [3.63, 3.8) is 0 Å². The molecule has 0 fully saturated rings. The lowest BCUT2D eigenvalue weighted by Gasteiger charge is -2.23. The highest BCUT2D eigenvalue weighted by atomic mass is 16.4. The molecular weight excluding hydrogens is 422 g/mol. The third-order valence-corrected chi connectivity index (χ3v) is 5.92. The Morgan fingerprint density at radius 3 is 2.36 bits per heavy atom. The molecule has 0 radical (unpaired) electrons. The van der Waals surface area contributed by atoms with Crippen molar-refractivity contribution in [2.24, 2.45) is 5.92 Å². The standard InChI is InChI=1S/C26H25NO6/c1-13(2)24(25(29)30)27-23(28)10-18-15(4)17-9-19-20(16-7-5-14(3)6-8-16)12-32-21(19)11-22(17)33-26(18)31/h5-9,11-13,24H,10H2,1-4H3,(H,27,28)(H,29,30)/p-1/t24-/m0/s1. The first-order valence-electron chi connectivity index (χ1n) is 10.7. The summed E-state index contributed by atoms with van der Waals surface area (Å²) in [5.41, 5.74) is 4.13. The number of benzene rings is 2. The second kappa shape index (κ2) is 8.58. The Morgan fingerprint density at radius 1 is 1.03 bits per heavy atom. The molecule has 170 valence electrons. The van der Waals surface area contributed by atoms with E-state index in [1.807, 2.05) is 37.3 Å². The largest absolute Gasteiger partial charge is 0.548 e. The van der Waals surface area contributed by atoms with Gasteiger partial charge in [0, 0.05) is 22.4 Å². The van der Waals surface area contributed by atoms with Crippen LogP contribution in [0.2, 0.25) is 0 Å². The first kappa shape index (κ1) is 22.3. The van der Waals surface area contributed by atoms with Crippen LogP contribution in [0.3, 0.4) is 0 Å². The Kier molecular flexibility index (Phi) is 5.80. The van der Waals surface area contributed by atoms with Crippen molar-refractivity contribution in [2.75, 3.05) is 0 Å². The number of carboxylic acids is 1. The van der Waals surface area contributed by atoms with E-state index in [-0.39, 0.29) is 17.9 Å². The number of hydrogen-bond donors (Lipinski definition) is 1. The molecule has 0 saturated heterocycles. The van der Waals surface area contributed by atoms with Gasteiger partial charge in [0.05, 0.1) is 30.3 Å². The topological polar surface area (TPSA) is 113 Å². The summed E-state index contributed by atoms with van der Waals surface area (Å²) < 4.78 is 11.2. The van der Waals surface area contributed by atoms with Crippen molar-refractivity contribution in [3.8, 4) is 11.1 Å². The lowest BCUT2D eigenvalue weighted by molar-refractivity contribution is -0.309. The summed E-state index contributed by atoms with van der Waals surface area (Å²) in [4.78, 5) is 36.4. The zero-order valence-corrected chi connectivity index (χ0v) is 18.9. The molecule has 0 aliphatic heterocycles. The van der Waals surface area contributed by atoms with Gasteiger partial charge in [0.15, 0.2) is 0 Å². The van der Waals surface area contributed by atoms with Gasteiger partial charge in [-0.3, -0.25) is 4.79 Å². The normalized spacial score (nSPS) is 12.4. The predicted octanol–water partition coefficient (Wildman–Crippen LogP) is 3.26. The fraction of sp³-hybridized carbons (Fsp3) is 0.269. The van der Waals surface area contributed by atoms with Gasteiger partial charge in [-0.1, -0.05) is 43.7 Å². The number of carbonyl (C=O) groups is 2. The Labute approximate surface area is 190 Å². The summed E-state index contributed by atoms with van der Waals surface area (Å²) >= 11 is 0. The van der Waals surface area contributed by atoms with E-state index in [4.69, 9.17) is 8.83 Å². The van der Waals surface area contributed by atoms with Crippen molar-refractivity contribution in [3.05, 3.63) is 69.8 Å². The molecule has 7 nitrogen and oxygen atoms in total. The van der Waals surface area contributed by atoms with Crippen molar-refractivity contribution in [1.29, 1.82) is 0 Å². The number of hydrogen-bond acceptors (Lipinski definition) is 6. The van der Waals surface area contributed by atoms with Gasteiger partial charge in [-0.15, -0.1) is 0 Å². The molecule has 1 N–H and O–H groups in total. The van der Waals surface area contributed by atoms with Crippen LogP contribution in [-0.4, -0.2) is 17.9 Å². The highest BCUT2D eigenvalue weighted by molar-refractivity contribution is 6.02. The predicted molar refractivity (Wildman–Crippen MR) is 123 cm³/mol. The number of nitrogens with one attached hydrogen (secondary N) is 1. The number of rotatable bonds is 6. The third-order valence-electron chi connectivity index (χ3n) is 5.92. The van der Waals surface area contributed by atoms with Gasteiger partial charge in [-0.2, -0.15) is 0 Å². The Hall–Kier alpha value is -3.87. The number of carbonyl (C=O) groups excluding carboxylic acids is 2. The van der Waals surface area contributed by atoms with Crippen molar-refractivity contribution >= 4 is 33.8 Å². The van der Waals surface area contributed by atoms with E-state index in [1.54, 1.807) is 33.1 Å². The van der Waals surface area contributed by atoms with Gasteiger partial charge in [-0.05, 0) is 37.0 Å². The number of amides is 1. The molecule has 0 unspecified atom stereocenters. The highest BCUT2D eigenvalue weighted by Gasteiger charge is 2.21. The molecule has 4 aromatic rings. The Bertz CT molecular complexity index is 1430. The smallest absolute Gasteiger partial charge is 0.340 e. The Balaban J connectivity index is 1.76. The number of carboxylic acid groups (broad SMARTS) is 1. The molecule has 7 heteroatoms. The van der Waals surface area contributed by atoms with Gasteiger partial charge in [-0.25, -0.2) is 4.79 Å². The zero-order chi connectivity index (χ0) is 23.9. The summed E-state index contributed by atoms with van der Waals surface area (Å²) in [6.07, 6.45) is 1.37. The second-order valence-electron chi connectivity index (χ2n) is 8.64. The van der Waals surface area contributed by atoms with Crippen LogP contribution in [0.4, 0.5) is 0 Å². The number of furan rings is 1. The van der Waals surface area contributed by atoms with Crippen molar-refractivity contribution in [2.45, 2.75) is 40.2 Å². The van der Waals surface area contributed by atoms with Crippen LogP contribution in [-0.2, 0) is 16.0 Å². The van der Waals surface area contributed by atoms with E-state index in [9.17, 15) is 19.5 Å². The van der Waals surface area contributed by atoms with Crippen molar-refractivity contribution in [1.82, 2.24) is 5.32 Å². The molecule has 33 heavy (non-hydrogen) atoms. The maximum absolute atomic E-state index is 12.6. The lowest BCUT2D eigenvalue weighted by atomic mass is 9.98. The maximum Gasteiger partial charge on any atom is 0.340 e. The molecule has 0 bridgehead atoms. The average Bonchev–Trinajstić information content (AvgIpc) is 3.16. The Morgan fingerprint density at radius 2 is 1.73 bits per heavy atom. The number of aliphatic carboxylic acids is 1. The zero-order valence-electron chi connectivity index (χ0n) is 18.9. The van der Waals surface area contributed by atoms with Gasteiger partial charge >= 0.3 is 5.63 Å². The van der Waals surface area contributed by atoms with E-state index in [2.05, 4.69) is 5.32 Å². The van der Waals surface area contributed by atoms with E-state index >= 15 is 0 Å². The highest BCUT2D eigenvalue weighted by Crippen LogP contribution is 2.34. The lowest BCUT2D eigenvalue weighted by Crippen LogP contribution is -2.51. The molecule has 0 saturated carbocycles. The fourth-order valence-corrected chi connectivity index (χ4v) is 3.95. The van der Waals surface area contributed by atoms with Crippen LogP contribution in [0.1, 0.15) is 30.5 Å². The number of fused-ring (bicyclic) bond motifs is 2. The molecule has 1 atom stereocenters. The molecule has 0 aliphatic rings. The quantitative estimate of drug-likeness (QED) is 0.455. The maximum atomic E-state index is 12.6. The molecule has 2 aromatic carbocycles. The van der Waals surface area contributed by atoms with Crippen LogP contribution in [0, 0.1) is 19.8 Å². The van der Waals surface area contributed by atoms with Gasteiger partial charge < -0.3 is 24.1 Å². The first-order valence-corrected chi connectivity index (χ1v) is 10.7. The van der Waals surface area contributed by atoms with Gasteiger partial charge in [0.1, 0.15) is 11.2 Å². The molecule has 0 aliphatic carbocycles. The minimum Gasteiger partial charge on any atom is -0.548 e. The molecule has 4 rings (SSSR count). The summed E-state index contributed by atoms with van der Waals surface area (Å²) in [6, 6.07) is 10.5. The summed E-state index contributed by atoms with van der Waals surface area (Å²) in [5.74, 6) is -2.31. The third kappa shape index (κ3) is 4.26. The first-order chi connectivity index (χ1) is 15.7. The molecule has 2 heterocycles. The molecule has 1 amide bonds. The van der Waals surface area contributed by atoms with E-state index < -0.39 is 23.5 Å². The van der Waals surface area contributed by atoms with Crippen LogP contribution in [0.5, 0.6) is 0 Å². The van der Waals surface area contributed by atoms with Crippen LogP contribution in [0.15, 0.2) is 56.3 Å². The minimum absolute atomic E-state index is 0.181. The summed E-state index contributed by atoms with van der Waals surface area (Å²) in [7, 11) is 0. The van der Waals surface area contributed by atoms with Crippen LogP contribution in [0.25, 0.3) is 33.1 Å². The SMILES string of the molecule is Cc1ccc(-c2coc3cc4oc(=O)c(CC(=O)N[C@H](C(=O)[O-])C(C)C)c(C)c4cc23)cc1. The second-order valence-corrected chi connectivity index (χ2v) is 8.64. The number of aryl methyl sites for hydroxylation is 2. The van der Waals surface area contributed by atoms with E-state index in [0.717, 1.165) is 22.1 Å². The van der Waals surface area contributed by atoms with Crippen molar-refractivity contribution < 1.29 is 23.5 Å². The molecule has 0 spiro atoms. The molecule has 2 aromatic heterocycles. The average molecular weight is 446 g/mol. The molecular formula is C26H24NO6-. The van der Waals surface area contributed by atoms with Gasteiger partial charge in [0.25, 0.3) is 0 Å². The summed E-state index contributed by atoms with van der Waals surface area (Å²) in [5, 5.41) is 15.3. The van der Waals surface area contributed by atoms with Crippen LogP contribution < -0.4 is 16.0 Å². The minimum atomic E-state index is -1.37. The van der Waals surface area contributed by atoms with Crippen LogP contribution >= 0.6 is 0 Å². The monoisotopic (exact) mass is 446 g/mol. The van der Waals surface area contributed by atoms with E-state index in [0.29, 0.717) is 22.1 Å².